The van der Waals surface area contributed by atoms with Gasteiger partial charge in [0.15, 0.2) is 5.82 Å². The van der Waals surface area contributed by atoms with Crippen molar-refractivity contribution in [1.82, 2.24) is 14.8 Å². The third kappa shape index (κ3) is 2.56. The first kappa shape index (κ1) is 13.1. The van der Waals surface area contributed by atoms with Gasteiger partial charge in [0.1, 0.15) is 6.10 Å². The van der Waals surface area contributed by atoms with Gasteiger partial charge in [-0.15, -0.1) is 11.8 Å². The first-order chi connectivity index (χ1) is 8.63. The van der Waals surface area contributed by atoms with Crippen LogP contribution in [-0.4, -0.2) is 30.7 Å². The normalized spacial score (nSPS) is 17.7. The second kappa shape index (κ2) is 5.53. The molecule has 98 valence electrons. The zero-order valence-corrected chi connectivity index (χ0v) is 11.0. The second-order valence-electron chi connectivity index (χ2n) is 4.14. The zero-order valence-electron chi connectivity index (χ0n) is 10.1. The molecule has 6 nitrogen and oxygen atoms in total. The van der Waals surface area contributed by atoms with Crippen molar-refractivity contribution in [3.05, 3.63) is 28.0 Å². The fraction of sp³-hybridized carbons (Fsp3) is 0.545. The van der Waals surface area contributed by atoms with Crippen LogP contribution in [0, 0.1) is 5.41 Å². The summed E-state index contributed by atoms with van der Waals surface area (Å²) in [6, 6.07) is 0. The molecule has 0 aromatic carbocycles. The fourth-order valence-electron chi connectivity index (χ4n) is 1.85. The second-order valence-corrected chi connectivity index (χ2v) is 5.21. The summed E-state index contributed by atoms with van der Waals surface area (Å²) in [6.45, 7) is 2.50. The summed E-state index contributed by atoms with van der Waals surface area (Å²) in [5.41, 5.74) is 0.523. The van der Waals surface area contributed by atoms with Gasteiger partial charge >= 0.3 is 5.69 Å². The summed E-state index contributed by atoms with van der Waals surface area (Å²) in [5, 5.41) is 24.6. The number of nitrogens with zero attached hydrogens (tertiary/aromatic N) is 2. The fourth-order valence-corrected chi connectivity index (χ4v) is 2.66. The number of thioether (sulfide) groups is 1. The summed E-state index contributed by atoms with van der Waals surface area (Å²) < 4.78 is 1.47. The lowest BCUT2D eigenvalue weighted by molar-refractivity contribution is 0.199. The van der Waals surface area contributed by atoms with Crippen LogP contribution in [0.25, 0.3) is 0 Å². The van der Waals surface area contributed by atoms with Gasteiger partial charge in [-0.2, -0.15) is 5.10 Å². The Labute approximate surface area is 109 Å². The van der Waals surface area contributed by atoms with Gasteiger partial charge < -0.3 is 5.11 Å². The Morgan fingerprint density at radius 2 is 2.50 bits per heavy atom. The molecule has 3 N–H and O–H groups in total. The Hall–Kier alpha value is -1.34. The molecular formula is C11H16N4O2S. The first-order valence-corrected chi connectivity index (χ1v) is 6.84. The number of aliphatic hydroxyl groups is 1. The van der Waals surface area contributed by atoms with Crippen LogP contribution < -0.4 is 5.69 Å². The molecule has 2 heterocycles. The van der Waals surface area contributed by atoms with Crippen LogP contribution in [0.1, 0.15) is 31.7 Å². The number of nitrogens with one attached hydrogen (secondary N) is 2. The molecule has 0 saturated carbocycles. The average molecular weight is 268 g/mol. The van der Waals surface area contributed by atoms with Crippen molar-refractivity contribution in [2.45, 2.75) is 32.4 Å². The van der Waals surface area contributed by atoms with Crippen molar-refractivity contribution in [3.63, 3.8) is 0 Å². The molecule has 0 bridgehead atoms. The molecule has 1 atom stereocenters. The Morgan fingerprint density at radius 3 is 3.11 bits per heavy atom. The van der Waals surface area contributed by atoms with E-state index in [1.165, 1.54) is 16.3 Å². The highest BCUT2D eigenvalue weighted by Gasteiger charge is 2.23. The van der Waals surface area contributed by atoms with Crippen LogP contribution in [0.4, 0.5) is 0 Å². The van der Waals surface area contributed by atoms with Crippen LogP contribution in [0.5, 0.6) is 0 Å². The molecule has 1 aromatic rings. The largest absolute Gasteiger partial charge is 0.381 e. The van der Waals surface area contributed by atoms with E-state index in [0.29, 0.717) is 29.6 Å². The zero-order chi connectivity index (χ0) is 13.1. The minimum Gasteiger partial charge on any atom is -0.381 e. The van der Waals surface area contributed by atoms with E-state index in [0.717, 1.165) is 12.0 Å². The lowest BCUT2D eigenvalue weighted by atomic mass is 10.1. The van der Waals surface area contributed by atoms with E-state index in [1.54, 1.807) is 0 Å². The van der Waals surface area contributed by atoms with Crippen LogP contribution in [0.2, 0.25) is 0 Å². The quantitative estimate of drug-likeness (QED) is 0.711. The minimum atomic E-state index is -0.865. The predicted molar refractivity (Wildman–Crippen MR) is 71.0 cm³/mol. The van der Waals surface area contributed by atoms with Crippen molar-refractivity contribution in [2.75, 3.05) is 5.75 Å². The van der Waals surface area contributed by atoms with Gasteiger partial charge in [-0.05, 0) is 12.0 Å². The van der Waals surface area contributed by atoms with Crippen LogP contribution >= 0.6 is 11.8 Å². The van der Waals surface area contributed by atoms with E-state index >= 15 is 0 Å². The Balaban J connectivity index is 2.26. The van der Waals surface area contributed by atoms with Gasteiger partial charge in [0.25, 0.3) is 0 Å². The maximum absolute atomic E-state index is 11.5. The standard InChI is InChI=1S/C11H16N4O2S/c1-2-5-15-10(13-14-11(15)17)9(16)7-3-4-8(12)18-6-7/h3,9,12,16H,2,4-6H2,1H3,(H,14,17). The molecule has 0 saturated heterocycles. The summed E-state index contributed by atoms with van der Waals surface area (Å²) in [4.78, 5) is 11.5. The van der Waals surface area contributed by atoms with Crippen LogP contribution in [0.15, 0.2) is 16.4 Å². The Kier molecular flexibility index (Phi) is 4.03. The molecule has 0 fully saturated rings. The summed E-state index contributed by atoms with van der Waals surface area (Å²) in [5.74, 6) is 0.940. The van der Waals surface area contributed by atoms with Crippen molar-refractivity contribution in [1.29, 1.82) is 5.41 Å². The van der Waals surface area contributed by atoms with E-state index in [9.17, 15) is 9.90 Å². The summed E-state index contributed by atoms with van der Waals surface area (Å²) in [6.07, 6.45) is 2.33. The summed E-state index contributed by atoms with van der Waals surface area (Å²) in [7, 11) is 0. The van der Waals surface area contributed by atoms with Gasteiger partial charge in [-0.25, -0.2) is 9.89 Å². The molecule has 0 amide bonds. The molecule has 7 heteroatoms. The number of allylic oxidation sites excluding steroid dienone is 1. The number of aromatic amines is 1. The number of aliphatic hydroxyl groups excluding tert-OH is 1. The smallest absolute Gasteiger partial charge is 0.343 e. The molecule has 1 aromatic heterocycles. The Bertz CT molecular complexity index is 531. The monoisotopic (exact) mass is 268 g/mol. The van der Waals surface area contributed by atoms with Gasteiger partial charge in [0.2, 0.25) is 0 Å². The van der Waals surface area contributed by atoms with Crippen molar-refractivity contribution < 1.29 is 5.11 Å². The van der Waals surface area contributed by atoms with Crippen molar-refractivity contribution in [2.24, 2.45) is 0 Å². The van der Waals surface area contributed by atoms with E-state index in [4.69, 9.17) is 5.41 Å². The van der Waals surface area contributed by atoms with Crippen LogP contribution in [0.3, 0.4) is 0 Å². The molecule has 18 heavy (non-hydrogen) atoms. The van der Waals surface area contributed by atoms with Crippen LogP contribution in [-0.2, 0) is 6.54 Å². The number of H-pyrrole nitrogens is 1. The first-order valence-electron chi connectivity index (χ1n) is 5.85. The van der Waals surface area contributed by atoms with Crippen molar-refractivity contribution in [3.8, 4) is 0 Å². The molecule has 1 unspecified atom stereocenters. The Morgan fingerprint density at radius 1 is 1.72 bits per heavy atom. The highest BCUT2D eigenvalue weighted by Crippen LogP contribution is 2.28. The van der Waals surface area contributed by atoms with E-state index in [1.807, 2.05) is 13.0 Å². The molecule has 0 spiro atoms. The minimum absolute atomic E-state index is 0.289. The van der Waals surface area contributed by atoms with Gasteiger partial charge in [0, 0.05) is 18.7 Å². The van der Waals surface area contributed by atoms with Gasteiger partial charge in [0.05, 0.1) is 5.04 Å². The molecular weight excluding hydrogens is 252 g/mol. The van der Waals surface area contributed by atoms with E-state index < -0.39 is 6.10 Å². The third-order valence-corrected chi connectivity index (χ3v) is 3.79. The van der Waals surface area contributed by atoms with Crippen molar-refractivity contribution >= 4 is 16.8 Å². The summed E-state index contributed by atoms with van der Waals surface area (Å²) >= 11 is 1.40. The molecule has 0 radical (unpaired) electrons. The molecule has 2 rings (SSSR count). The van der Waals surface area contributed by atoms with Gasteiger partial charge in [-0.1, -0.05) is 13.0 Å². The van der Waals surface area contributed by atoms with E-state index in [-0.39, 0.29) is 5.69 Å². The average Bonchev–Trinajstić information content (AvgIpc) is 2.72. The number of hydrogen-bond donors (Lipinski definition) is 3. The highest BCUT2D eigenvalue weighted by molar-refractivity contribution is 8.14. The number of rotatable bonds is 4. The molecule has 0 aliphatic carbocycles. The predicted octanol–water partition coefficient (Wildman–Crippen LogP) is 1.06. The maximum atomic E-state index is 11.5. The topological polar surface area (TPSA) is 94.8 Å². The van der Waals surface area contributed by atoms with E-state index in [2.05, 4.69) is 10.2 Å². The lowest BCUT2D eigenvalue weighted by Crippen LogP contribution is -2.21. The van der Waals surface area contributed by atoms with Gasteiger partial charge in [-0.3, -0.25) is 9.98 Å². The SMILES string of the molecule is CCCn1c(C(O)C2=CCC(=N)SC2)n[nH]c1=O. The highest BCUT2D eigenvalue weighted by atomic mass is 32.2. The molecule has 1 aliphatic heterocycles. The third-order valence-electron chi connectivity index (χ3n) is 2.79. The number of hydrogen-bond acceptors (Lipinski definition) is 5. The molecule has 1 aliphatic rings. The number of aromatic nitrogens is 3. The lowest BCUT2D eigenvalue weighted by Gasteiger charge is -2.18. The maximum Gasteiger partial charge on any atom is 0.343 e.